The number of ether oxygens (including phenoxy) is 1. The van der Waals surface area contributed by atoms with Gasteiger partial charge in [-0.05, 0) is 25.2 Å². The van der Waals surface area contributed by atoms with E-state index < -0.39 is 5.97 Å². The molecule has 1 aliphatic carbocycles. The second kappa shape index (κ2) is 8.72. The third-order valence-electron chi connectivity index (χ3n) is 3.83. The van der Waals surface area contributed by atoms with Crippen molar-refractivity contribution in [1.29, 1.82) is 0 Å². The first-order valence-corrected chi connectivity index (χ1v) is 7.39. The Morgan fingerprint density at radius 1 is 1.35 bits per heavy atom. The highest BCUT2D eigenvalue weighted by molar-refractivity contribution is 5.89. The molecule has 0 amide bonds. The van der Waals surface area contributed by atoms with E-state index in [9.17, 15) is 9.59 Å². The van der Waals surface area contributed by atoms with Crippen LogP contribution in [0.15, 0.2) is 5.16 Å². The molecule has 0 aliphatic heterocycles. The Kier molecular flexibility index (Phi) is 7.26. The molecule has 114 valence electrons. The number of nitrogens with zero attached hydrogens (tertiary/aromatic N) is 1. The largest absolute Gasteiger partial charge is 0.469 e. The zero-order valence-corrected chi connectivity index (χ0v) is 12.7. The minimum Gasteiger partial charge on any atom is -0.469 e. The summed E-state index contributed by atoms with van der Waals surface area (Å²) < 4.78 is 4.76. The lowest BCUT2D eigenvalue weighted by Crippen LogP contribution is -2.19. The predicted molar refractivity (Wildman–Crippen MR) is 76.2 cm³/mol. The molecule has 0 aromatic rings. The molecule has 0 heterocycles. The van der Waals surface area contributed by atoms with Crippen LogP contribution in [0.3, 0.4) is 0 Å². The van der Waals surface area contributed by atoms with Crippen LogP contribution in [-0.4, -0.2) is 24.8 Å². The fourth-order valence-electron chi connectivity index (χ4n) is 2.79. The number of rotatable bonds is 7. The molecule has 0 N–H and O–H groups in total. The van der Waals surface area contributed by atoms with E-state index in [1.54, 1.807) is 0 Å². The number of unbranched alkanes of at least 4 members (excludes halogenated alkanes) is 2. The van der Waals surface area contributed by atoms with Crippen LogP contribution in [0.2, 0.25) is 0 Å². The van der Waals surface area contributed by atoms with Gasteiger partial charge < -0.3 is 9.57 Å². The van der Waals surface area contributed by atoms with Gasteiger partial charge in [-0.15, -0.1) is 0 Å². The van der Waals surface area contributed by atoms with Crippen molar-refractivity contribution in [2.75, 3.05) is 7.11 Å². The lowest BCUT2D eigenvalue weighted by atomic mass is 9.87. The highest BCUT2D eigenvalue weighted by Gasteiger charge is 2.34. The fraction of sp³-hybridized carbons (Fsp3) is 0.800. The molecule has 5 heteroatoms. The average Bonchev–Trinajstić information content (AvgIpc) is 2.79. The third-order valence-corrected chi connectivity index (χ3v) is 3.83. The summed E-state index contributed by atoms with van der Waals surface area (Å²) in [5.74, 6) is -0.0842. The summed E-state index contributed by atoms with van der Waals surface area (Å²) in [5.41, 5.74) is 0.921. The van der Waals surface area contributed by atoms with E-state index >= 15 is 0 Å². The van der Waals surface area contributed by atoms with Gasteiger partial charge in [0, 0.05) is 19.3 Å². The van der Waals surface area contributed by atoms with Crippen molar-refractivity contribution in [3.8, 4) is 0 Å². The number of carbonyl (C=O) groups excluding carboxylic acids is 2. The molecule has 1 fully saturated rings. The van der Waals surface area contributed by atoms with Gasteiger partial charge in [0.25, 0.3) is 0 Å². The summed E-state index contributed by atoms with van der Waals surface area (Å²) >= 11 is 0. The number of hydrogen-bond donors (Lipinski definition) is 0. The molecule has 0 aromatic carbocycles. The van der Waals surface area contributed by atoms with Crippen LogP contribution in [0.1, 0.15) is 58.8 Å². The Morgan fingerprint density at radius 2 is 2.10 bits per heavy atom. The van der Waals surface area contributed by atoms with Gasteiger partial charge in [-0.25, -0.2) is 4.79 Å². The molecule has 20 heavy (non-hydrogen) atoms. The van der Waals surface area contributed by atoms with E-state index in [2.05, 4.69) is 12.1 Å². The highest BCUT2D eigenvalue weighted by Crippen LogP contribution is 2.36. The average molecular weight is 283 g/mol. The second-order valence-electron chi connectivity index (χ2n) is 5.35. The molecular weight excluding hydrogens is 258 g/mol. The van der Waals surface area contributed by atoms with Gasteiger partial charge in [0.2, 0.25) is 0 Å². The van der Waals surface area contributed by atoms with Crippen LogP contribution < -0.4 is 0 Å². The summed E-state index contributed by atoms with van der Waals surface area (Å²) in [7, 11) is 1.41. The first kappa shape index (κ1) is 16.7. The number of hydrogen-bond acceptors (Lipinski definition) is 5. The Morgan fingerprint density at radius 3 is 2.70 bits per heavy atom. The van der Waals surface area contributed by atoms with Crippen molar-refractivity contribution in [3.05, 3.63) is 0 Å². The molecular formula is C15H25NO4. The van der Waals surface area contributed by atoms with E-state index in [4.69, 9.17) is 9.57 Å². The number of methoxy groups -OCH3 is 1. The van der Waals surface area contributed by atoms with Gasteiger partial charge in [-0.2, -0.15) is 0 Å². The smallest absolute Gasteiger partial charge is 0.331 e. The quantitative estimate of drug-likeness (QED) is 0.312. The molecule has 0 bridgehead atoms. The normalized spacial score (nSPS) is 23.9. The Hall–Kier alpha value is -1.39. The van der Waals surface area contributed by atoms with E-state index in [1.807, 2.05) is 0 Å². The van der Waals surface area contributed by atoms with Crippen molar-refractivity contribution in [2.24, 2.45) is 17.0 Å². The van der Waals surface area contributed by atoms with Crippen molar-refractivity contribution in [2.45, 2.75) is 58.8 Å². The molecule has 1 aliphatic rings. The molecule has 2 unspecified atom stereocenters. The topological polar surface area (TPSA) is 65.0 Å². The standard InChI is InChI=1S/C15H25NO4/c1-4-5-6-7-13-12(10-15(18)19-3)8-9-14(13)16-20-11(2)17/h12-13H,4-10H2,1-3H3/b16-14-. The summed E-state index contributed by atoms with van der Waals surface area (Å²) in [6.07, 6.45) is 6.56. The van der Waals surface area contributed by atoms with Gasteiger partial charge in [0.05, 0.1) is 12.8 Å². The zero-order valence-electron chi connectivity index (χ0n) is 12.7. The van der Waals surface area contributed by atoms with E-state index in [-0.39, 0.29) is 17.8 Å². The van der Waals surface area contributed by atoms with Gasteiger partial charge in [0.1, 0.15) is 0 Å². The van der Waals surface area contributed by atoms with Crippen molar-refractivity contribution in [1.82, 2.24) is 0 Å². The molecule has 0 spiro atoms. The maximum absolute atomic E-state index is 11.5. The lowest BCUT2D eigenvalue weighted by Gasteiger charge is -2.18. The van der Waals surface area contributed by atoms with E-state index in [0.717, 1.165) is 37.8 Å². The minimum absolute atomic E-state index is 0.177. The SMILES string of the molecule is CCCCCC1/C(=N\OC(C)=O)CCC1CC(=O)OC. The maximum Gasteiger partial charge on any atom is 0.331 e. The summed E-state index contributed by atoms with van der Waals surface area (Å²) in [6, 6.07) is 0. The van der Waals surface area contributed by atoms with Crippen molar-refractivity contribution in [3.63, 3.8) is 0 Å². The molecule has 0 saturated heterocycles. The Balaban J connectivity index is 2.67. The molecule has 5 nitrogen and oxygen atoms in total. The number of esters is 1. The van der Waals surface area contributed by atoms with Gasteiger partial charge in [-0.1, -0.05) is 31.3 Å². The van der Waals surface area contributed by atoms with Crippen LogP contribution in [0.5, 0.6) is 0 Å². The zero-order chi connectivity index (χ0) is 15.0. The summed E-state index contributed by atoms with van der Waals surface area (Å²) in [6.45, 7) is 3.51. The lowest BCUT2D eigenvalue weighted by molar-refractivity contribution is -0.142. The van der Waals surface area contributed by atoms with Crippen molar-refractivity contribution < 1.29 is 19.2 Å². The monoisotopic (exact) mass is 283 g/mol. The molecule has 2 atom stereocenters. The summed E-state index contributed by atoms with van der Waals surface area (Å²) in [4.78, 5) is 27.1. The number of carbonyl (C=O) groups is 2. The van der Waals surface area contributed by atoms with Crippen LogP contribution in [-0.2, 0) is 19.2 Å². The summed E-state index contributed by atoms with van der Waals surface area (Å²) in [5, 5.41) is 3.98. The fourth-order valence-corrected chi connectivity index (χ4v) is 2.79. The van der Waals surface area contributed by atoms with E-state index in [1.165, 1.54) is 20.5 Å². The Labute approximate surface area is 120 Å². The molecule has 1 rings (SSSR count). The van der Waals surface area contributed by atoms with Crippen LogP contribution >= 0.6 is 0 Å². The highest BCUT2D eigenvalue weighted by atomic mass is 16.7. The Bertz CT molecular complexity index is 365. The molecule has 0 radical (unpaired) electrons. The first-order valence-electron chi connectivity index (χ1n) is 7.39. The third kappa shape index (κ3) is 5.31. The van der Waals surface area contributed by atoms with Crippen LogP contribution in [0.4, 0.5) is 0 Å². The number of oxime groups is 1. The maximum atomic E-state index is 11.5. The molecule has 0 aromatic heterocycles. The van der Waals surface area contributed by atoms with Gasteiger partial charge in [0.15, 0.2) is 0 Å². The van der Waals surface area contributed by atoms with Gasteiger partial charge >= 0.3 is 11.9 Å². The second-order valence-corrected chi connectivity index (χ2v) is 5.35. The van der Waals surface area contributed by atoms with Gasteiger partial charge in [-0.3, -0.25) is 4.79 Å². The van der Waals surface area contributed by atoms with Crippen molar-refractivity contribution >= 4 is 17.7 Å². The van der Waals surface area contributed by atoms with Crippen LogP contribution in [0, 0.1) is 11.8 Å². The predicted octanol–water partition coefficient (Wildman–Crippen LogP) is 3.08. The van der Waals surface area contributed by atoms with Crippen LogP contribution in [0.25, 0.3) is 0 Å². The minimum atomic E-state index is -0.402. The first-order chi connectivity index (χ1) is 9.58. The molecule has 1 saturated carbocycles. The van der Waals surface area contributed by atoms with E-state index in [0.29, 0.717) is 6.42 Å².